The highest BCUT2D eigenvalue weighted by Gasteiger charge is 2.31. The largest absolute Gasteiger partial charge is 0.416 e. The highest BCUT2D eigenvalue weighted by Crippen LogP contribution is 2.37. The fourth-order valence-electron chi connectivity index (χ4n) is 2.94. The van der Waals surface area contributed by atoms with Gasteiger partial charge in [-0.15, -0.1) is 0 Å². The molecule has 0 atom stereocenters. The van der Waals surface area contributed by atoms with E-state index in [0.717, 1.165) is 12.1 Å². The molecule has 2 aromatic heterocycles. The van der Waals surface area contributed by atoms with Gasteiger partial charge in [-0.2, -0.15) is 13.2 Å². The number of alkyl halides is 3. The normalized spacial score (nSPS) is 11.5. The number of nitrogens with zero attached hydrogens (tertiary/aromatic N) is 2. The molecular formula is C19H18F3N5O. The highest BCUT2D eigenvalue weighted by molar-refractivity contribution is 6.01. The number of aryl methyl sites for hydroxylation is 1. The third kappa shape index (κ3) is 3.68. The van der Waals surface area contributed by atoms with E-state index in [2.05, 4.69) is 20.3 Å². The van der Waals surface area contributed by atoms with Crippen LogP contribution in [-0.4, -0.2) is 27.9 Å². The Morgan fingerprint density at radius 2 is 1.93 bits per heavy atom. The Morgan fingerprint density at radius 3 is 2.54 bits per heavy atom. The lowest BCUT2D eigenvalue weighted by atomic mass is 9.95. The Hall–Kier alpha value is -3.36. The fourth-order valence-corrected chi connectivity index (χ4v) is 2.94. The highest BCUT2D eigenvalue weighted by atomic mass is 19.4. The molecule has 0 unspecified atom stereocenters. The van der Waals surface area contributed by atoms with Gasteiger partial charge in [-0.25, -0.2) is 9.97 Å². The number of nitrogens with one attached hydrogen (secondary N) is 2. The minimum Gasteiger partial charge on any atom is -0.384 e. The number of carbonyl (C=O) groups is 1. The Labute approximate surface area is 159 Å². The number of anilines is 1. The first-order valence-corrected chi connectivity index (χ1v) is 8.48. The minimum absolute atomic E-state index is 0.142. The number of H-pyrrole nitrogens is 1. The van der Waals surface area contributed by atoms with E-state index in [4.69, 9.17) is 5.73 Å². The van der Waals surface area contributed by atoms with Gasteiger partial charge in [-0.05, 0) is 35.7 Å². The number of hydrogen-bond donors (Lipinski definition) is 3. The molecule has 0 bridgehead atoms. The molecule has 0 saturated carbocycles. The molecule has 0 saturated heterocycles. The van der Waals surface area contributed by atoms with Crippen molar-refractivity contribution < 1.29 is 18.0 Å². The van der Waals surface area contributed by atoms with Crippen molar-refractivity contribution in [2.24, 2.45) is 0 Å². The van der Waals surface area contributed by atoms with Gasteiger partial charge in [-0.3, -0.25) is 4.79 Å². The molecule has 0 fully saturated rings. The lowest BCUT2D eigenvalue weighted by molar-refractivity contribution is -0.137. The number of carbonyl (C=O) groups excluding carboxylic acids is 1. The number of nitrogens with two attached hydrogens (primary N) is 1. The van der Waals surface area contributed by atoms with Gasteiger partial charge in [0.1, 0.15) is 17.8 Å². The van der Waals surface area contributed by atoms with Crippen LogP contribution in [0.3, 0.4) is 0 Å². The third-order valence-electron chi connectivity index (χ3n) is 4.34. The quantitative estimate of drug-likeness (QED) is 0.634. The first-order chi connectivity index (χ1) is 13.2. The first-order valence-electron chi connectivity index (χ1n) is 8.48. The number of rotatable bonds is 4. The summed E-state index contributed by atoms with van der Waals surface area (Å²) in [4.78, 5) is 23.3. The summed E-state index contributed by atoms with van der Waals surface area (Å²) in [5.74, 6) is -0.223. The molecule has 0 aliphatic carbocycles. The van der Waals surface area contributed by atoms with Gasteiger partial charge in [0.15, 0.2) is 0 Å². The Bertz CT molecular complexity index is 1030. The zero-order chi connectivity index (χ0) is 20.5. The van der Waals surface area contributed by atoms with Crippen molar-refractivity contribution in [2.75, 3.05) is 12.8 Å². The maximum atomic E-state index is 13.2. The van der Waals surface area contributed by atoms with Gasteiger partial charge in [0.25, 0.3) is 5.91 Å². The third-order valence-corrected chi connectivity index (χ3v) is 4.34. The average molecular weight is 389 g/mol. The fraction of sp³-hybridized carbons (Fsp3) is 0.211. The van der Waals surface area contributed by atoms with Crippen molar-refractivity contribution in [3.63, 3.8) is 0 Å². The molecule has 1 amide bonds. The number of benzene rings is 1. The van der Waals surface area contributed by atoms with E-state index in [1.165, 1.54) is 25.5 Å². The summed E-state index contributed by atoms with van der Waals surface area (Å²) >= 11 is 0. The zero-order valence-corrected chi connectivity index (χ0v) is 15.2. The first kappa shape index (κ1) is 19.4. The van der Waals surface area contributed by atoms with Crippen molar-refractivity contribution >= 4 is 11.7 Å². The van der Waals surface area contributed by atoms with E-state index in [1.54, 1.807) is 6.07 Å². The molecule has 2 heterocycles. The number of aromatic nitrogens is 3. The second-order valence-corrected chi connectivity index (χ2v) is 6.10. The second-order valence-electron chi connectivity index (χ2n) is 6.10. The van der Waals surface area contributed by atoms with Gasteiger partial charge in [0.2, 0.25) is 0 Å². The Kier molecular flexibility index (Phi) is 5.08. The predicted molar refractivity (Wildman–Crippen MR) is 99.4 cm³/mol. The summed E-state index contributed by atoms with van der Waals surface area (Å²) in [6, 6.07) is 6.64. The van der Waals surface area contributed by atoms with E-state index < -0.39 is 17.6 Å². The van der Waals surface area contributed by atoms with Crippen LogP contribution < -0.4 is 11.1 Å². The molecule has 0 spiro atoms. The summed E-state index contributed by atoms with van der Waals surface area (Å²) in [5, 5.41) is 2.50. The smallest absolute Gasteiger partial charge is 0.384 e. The monoisotopic (exact) mass is 389 g/mol. The van der Waals surface area contributed by atoms with Crippen molar-refractivity contribution in [3.05, 3.63) is 53.5 Å². The van der Waals surface area contributed by atoms with Crippen molar-refractivity contribution in [1.29, 1.82) is 0 Å². The maximum Gasteiger partial charge on any atom is 0.416 e. The molecule has 6 nitrogen and oxygen atoms in total. The van der Waals surface area contributed by atoms with Gasteiger partial charge in [0.05, 0.1) is 17.0 Å². The summed E-state index contributed by atoms with van der Waals surface area (Å²) in [6.07, 6.45) is -2.72. The van der Waals surface area contributed by atoms with Crippen LogP contribution in [0.15, 0.2) is 36.7 Å². The van der Waals surface area contributed by atoms with Gasteiger partial charge in [-0.1, -0.05) is 13.0 Å². The van der Waals surface area contributed by atoms with Crippen LogP contribution >= 0.6 is 0 Å². The van der Waals surface area contributed by atoms with E-state index in [0.29, 0.717) is 34.5 Å². The van der Waals surface area contributed by atoms with Gasteiger partial charge >= 0.3 is 6.18 Å². The van der Waals surface area contributed by atoms with E-state index in [-0.39, 0.29) is 11.5 Å². The summed E-state index contributed by atoms with van der Waals surface area (Å²) < 4.78 is 39.7. The van der Waals surface area contributed by atoms with Crippen LogP contribution in [0, 0.1) is 0 Å². The van der Waals surface area contributed by atoms with Gasteiger partial charge < -0.3 is 16.0 Å². The molecule has 3 aromatic rings. The lowest BCUT2D eigenvalue weighted by Crippen LogP contribution is -2.19. The summed E-state index contributed by atoms with van der Waals surface area (Å²) in [7, 11) is 1.45. The molecule has 1 aromatic carbocycles. The second kappa shape index (κ2) is 7.34. The average Bonchev–Trinajstić information content (AvgIpc) is 3.11. The molecule has 9 heteroatoms. The van der Waals surface area contributed by atoms with E-state index >= 15 is 0 Å². The Balaban J connectivity index is 2.25. The number of nitrogen functional groups attached to an aromatic ring is 1. The molecule has 0 aliphatic heterocycles. The van der Waals surface area contributed by atoms with Crippen molar-refractivity contribution in [3.8, 4) is 22.5 Å². The van der Waals surface area contributed by atoms with Gasteiger partial charge in [0, 0.05) is 18.7 Å². The number of aromatic amines is 1. The lowest BCUT2D eigenvalue weighted by Gasteiger charge is -2.13. The molecule has 3 rings (SSSR count). The predicted octanol–water partition coefficient (Wildman–Crippen LogP) is 3.66. The molecule has 146 valence electrons. The topological polar surface area (TPSA) is 96.7 Å². The van der Waals surface area contributed by atoms with E-state index in [9.17, 15) is 18.0 Å². The van der Waals surface area contributed by atoms with Crippen LogP contribution in [0.4, 0.5) is 19.0 Å². The maximum absolute atomic E-state index is 13.2. The van der Waals surface area contributed by atoms with Crippen LogP contribution in [0.25, 0.3) is 22.5 Å². The van der Waals surface area contributed by atoms with Crippen LogP contribution in [0.5, 0.6) is 0 Å². The summed E-state index contributed by atoms with van der Waals surface area (Å²) in [5.41, 5.74) is 7.29. The molecule has 0 aliphatic rings. The van der Waals surface area contributed by atoms with Crippen LogP contribution in [-0.2, 0) is 12.6 Å². The molecule has 28 heavy (non-hydrogen) atoms. The Morgan fingerprint density at radius 1 is 1.18 bits per heavy atom. The van der Waals surface area contributed by atoms with Crippen molar-refractivity contribution in [2.45, 2.75) is 19.5 Å². The zero-order valence-electron chi connectivity index (χ0n) is 15.2. The molecular weight excluding hydrogens is 371 g/mol. The number of halogens is 3. The molecule has 0 radical (unpaired) electrons. The number of hydrogen-bond acceptors (Lipinski definition) is 4. The summed E-state index contributed by atoms with van der Waals surface area (Å²) in [6.45, 7) is 1.84. The molecule has 4 N–H and O–H groups in total. The van der Waals surface area contributed by atoms with Crippen molar-refractivity contribution in [1.82, 2.24) is 20.3 Å². The van der Waals surface area contributed by atoms with Crippen LogP contribution in [0.2, 0.25) is 0 Å². The van der Waals surface area contributed by atoms with Crippen LogP contribution in [0.1, 0.15) is 28.5 Å². The minimum atomic E-state index is -4.49. The van der Waals surface area contributed by atoms with E-state index in [1.807, 2.05) is 6.92 Å². The SMILES string of the molecule is CCc1ccc(C(F)(F)F)cc1-c1cc(-c2cc(N)ncn2)[nH]c1C(=O)NC. The number of amides is 1. The standard InChI is InChI=1S/C19H18F3N5O/c1-3-10-4-5-11(19(20,21)22)6-12(10)13-7-15(27-17(13)18(28)24-2)14-8-16(23)26-9-25-14/h4-9,27H,3H2,1-2H3,(H,24,28)(H2,23,25,26).